The second kappa shape index (κ2) is 4.99. The van der Waals surface area contributed by atoms with Crippen molar-refractivity contribution in [1.29, 1.82) is 0 Å². The Morgan fingerprint density at radius 2 is 1.79 bits per heavy atom. The van der Waals surface area contributed by atoms with Crippen LogP contribution in [0.2, 0.25) is 0 Å². The van der Waals surface area contributed by atoms with Crippen molar-refractivity contribution in [2.24, 2.45) is 5.73 Å². The summed E-state index contributed by atoms with van der Waals surface area (Å²) in [5, 5.41) is 1.77. The zero-order valence-corrected chi connectivity index (χ0v) is 11.1. The first-order valence-corrected chi connectivity index (χ1v) is 7.19. The summed E-state index contributed by atoms with van der Waals surface area (Å²) in [7, 11) is -3.75. The minimum absolute atomic E-state index is 0.110. The molecule has 100 valence electrons. The largest absolute Gasteiger partial charge is 0.368 e. The van der Waals surface area contributed by atoms with Gasteiger partial charge in [0.2, 0.25) is 15.9 Å². The lowest BCUT2D eigenvalue weighted by Crippen LogP contribution is -2.42. The van der Waals surface area contributed by atoms with Crippen LogP contribution < -0.4 is 10.5 Å². The van der Waals surface area contributed by atoms with Crippen molar-refractivity contribution in [2.75, 3.05) is 0 Å². The SMILES string of the molecule is C[C@@H](NS(=O)(=O)c1ccc2ccccc2c1)C(N)=O. The fraction of sp³-hybridized carbons (Fsp3) is 0.154. The summed E-state index contributed by atoms with van der Waals surface area (Å²) >= 11 is 0. The number of sulfonamides is 1. The van der Waals surface area contributed by atoms with Gasteiger partial charge in [0.25, 0.3) is 0 Å². The topological polar surface area (TPSA) is 89.3 Å². The van der Waals surface area contributed by atoms with E-state index < -0.39 is 22.0 Å². The number of hydrogen-bond donors (Lipinski definition) is 2. The Kier molecular flexibility index (Phi) is 3.55. The summed E-state index contributed by atoms with van der Waals surface area (Å²) in [5.41, 5.74) is 5.05. The molecule has 5 nitrogen and oxygen atoms in total. The minimum Gasteiger partial charge on any atom is -0.368 e. The summed E-state index contributed by atoms with van der Waals surface area (Å²) in [6, 6.07) is 11.3. The van der Waals surface area contributed by atoms with E-state index in [4.69, 9.17) is 5.73 Å². The molecule has 6 heteroatoms. The van der Waals surface area contributed by atoms with Crippen molar-refractivity contribution in [1.82, 2.24) is 4.72 Å². The van der Waals surface area contributed by atoms with E-state index in [1.807, 2.05) is 24.3 Å². The van der Waals surface area contributed by atoms with Gasteiger partial charge in [0.1, 0.15) is 0 Å². The van der Waals surface area contributed by atoms with Crippen LogP contribution in [0.5, 0.6) is 0 Å². The van der Waals surface area contributed by atoms with Gasteiger partial charge in [-0.1, -0.05) is 30.3 Å². The number of amides is 1. The highest BCUT2D eigenvalue weighted by Crippen LogP contribution is 2.18. The van der Waals surface area contributed by atoms with Gasteiger partial charge in [-0.25, -0.2) is 8.42 Å². The van der Waals surface area contributed by atoms with Crippen molar-refractivity contribution in [3.63, 3.8) is 0 Å². The van der Waals surface area contributed by atoms with Crippen LogP contribution >= 0.6 is 0 Å². The zero-order valence-electron chi connectivity index (χ0n) is 10.3. The van der Waals surface area contributed by atoms with Crippen LogP contribution in [0, 0.1) is 0 Å². The molecule has 19 heavy (non-hydrogen) atoms. The van der Waals surface area contributed by atoms with Crippen LogP contribution in [0.1, 0.15) is 6.92 Å². The molecule has 0 unspecified atom stereocenters. The standard InChI is InChI=1S/C13H14N2O3S/c1-9(13(14)16)15-19(17,18)12-7-6-10-4-2-3-5-11(10)8-12/h2-9,15H,1H3,(H2,14,16)/t9-/m1/s1. The Morgan fingerprint density at radius 1 is 1.16 bits per heavy atom. The number of primary amides is 1. The van der Waals surface area contributed by atoms with Crippen LogP contribution in [0.4, 0.5) is 0 Å². The summed E-state index contributed by atoms with van der Waals surface area (Å²) in [6.45, 7) is 1.40. The van der Waals surface area contributed by atoms with Crippen LogP contribution in [-0.4, -0.2) is 20.4 Å². The molecule has 1 amide bonds. The molecule has 0 aliphatic heterocycles. The second-order valence-electron chi connectivity index (χ2n) is 4.25. The molecule has 0 spiro atoms. The maximum absolute atomic E-state index is 12.1. The first kappa shape index (κ1) is 13.5. The zero-order chi connectivity index (χ0) is 14.0. The van der Waals surface area contributed by atoms with Crippen LogP contribution in [0.25, 0.3) is 10.8 Å². The van der Waals surface area contributed by atoms with Gasteiger partial charge in [0, 0.05) is 0 Å². The number of nitrogens with one attached hydrogen (secondary N) is 1. The first-order valence-electron chi connectivity index (χ1n) is 5.70. The average Bonchev–Trinajstić information content (AvgIpc) is 2.37. The number of benzene rings is 2. The lowest BCUT2D eigenvalue weighted by Gasteiger charge is -2.11. The fourth-order valence-electron chi connectivity index (χ4n) is 1.69. The van der Waals surface area contributed by atoms with Gasteiger partial charge in [-0.3, -0.25) is 4.79 Å². The van der Waals surface area contributed by atoms with Gasteiger partial charge in [0.15, 0.2) is 0 Å². The Morgan fingerprint density at radius 3 is 2.42 bits per heavy atom. The average molecular weight is 278 g/mol. The molecule has 0 aliphatic rings. The summed E-state index contributed by atoms with van der Waals surface area (Å²) in [6.07, 6.45) is 0. The Labute approximate surface area is 111 Å². The predicted molar refractivity (Wildman–Crippen MR) is 72.9 cm³/mol. The molecule has 0 aromatic heterocycles. The molecule has 0 bridgehead atoms. The second-order valence-corrected chi connectivity index (χ2v) is 5.97. The summed E-state index contributed by atoms with van der Waals surface area (Å²) in [4.78, 5) is 11.0. The monoisotopic (exact) mass is 278 g/mol. The molecule has 0 saturated heterocycles. The minimum atomic E-state index is -3.75. The van der Waals surface area contributed by atoms with E-state index in [0.29, 0.717) is 0 Å². The molecule has 0 aliphatic carbocycles. The molecule has 3 N–H and O–H groups in total. The normalized spacial score (nSPS) is 13.3. The molecular weight excluding hydrogens is 264 g/mol. The summed E-state index contributed by atoms with van der Waals surface area (Å²) < 4.78 is 26.4. The Bertz CT molecular complexity index is 726. The maximum atomic E-state index is 12.1. The smallest absolute Gasteiger partial charge is 0.241 e. The van der Waals surface area contributed by atoms with Crippen molar-refractivity contribution < 1.29 is 13.2 Å². The molecule has 2 aromatic carbocycles. The number of hydrogen-bond acceptors (Lipinski definition) is 3. The van der Waals surface area contributed by atoms with Crippen LogP contribution in [-0.2, 0) is 14.8 Å². The molecule has 0 fully saturated rings. The highest BCUT2D eigenvalue weighted by atomic mass is 32.2. The maximum Gasteiger partial charge on any atom is 0.241 e. The van der Waals surface area contributed by atoms with Gasteiger partial charge in [0.05, 0.1) is 10.9 Å². The van der Waals surface area contributed by atoms with Crippen LogP contribution in [0.3, 0.4) is 0 Å². The van der Waals surface area contributed by atoms with Gasteiger partial charge < -0.3 is 5.73 Å². The molecular formula is C13H14N2O3S. The molecule has 2 aromatic rings. The molecule has 1 atom stereocenters. The number of fused-ring (bicyclic) bond motifs is 1. The molecule has 0 heterocycles. The highest BCUT2D eigenvalue weighted by Gasteiger charge is 2.20. The van der Waals surface area contributed by atoms with E-state index in [1.165, 1.54) is 13.0 Å². The first-order chi connectivity index (χ1) is 8.90. The van der Waals surface area contributed by atoms with Gasteiger partial charge in [-0.2, -0.15) is 4.72 Å². The lowest BCUT2D eigenvalue weighted by molar-refractivity contribution is -0.119. The van der Waals surface area contributed by atoms with Crippen molar-refractivity contribution in [3.8, 4) is 0 Å². The fourth-order valence-corrected chi connectivity index (χ4v) is 2.94. The lowest BCUT2D eigenvalue weighted by atomic mass is 10.1. The third-order valence-corrected chi connectivity index (χ3v) is 4.33. The Balaban J connectivity index is 2.40. The van der Waals surface area contributed by atoms with Gasteiger partial charge >= 0.3 is 0 Å². The quantitative estimate of drug-likeness (QED) is 0.874. The molecule has 0 radical (unpaired) electrons. The third kappa shape index (κ3) is 2.91. The molecule has 2 rings (SSSR count). The van der Waals surface area contributed by atoms with Gasteiger partial charge in [-0.15, -0.1) is 0 Å². The van der Waals surface area contributed by atoms with Crippen molar-refractivity contribution >= 4 is 26.7 Å². The number of carbonyl (C=O) groups is 1. The third-order valence-electron chi connectivity index (χ3n) is 2.79. The van der Waals surface area contributed by atoms with Crippen molar-refractivity contribution in [3.05, 3.63) is 42.5 Å². The molecule has 0 saturated carbocycles. The number of nitrogens with two attached hydrogens (primary N) is 1. The van der Waals surface area contributed by atoms with E-state index in [2.05, 4.69) is 4.72 Å². The number of rotatable bonds is 4. The highest BCUT2D eigenvalue weighted by molar-refractivity contribution is 7.89. The van der Waals surface area contributed by atoms with E-state index in [9.17, 15) is 13.2 Å². The van der Waals surface area contributed by atoms with Crippen LogP contribution in [0.15, 0.2) is 47.4 Å². The Hall–Kier alpha value is -1.92. The predicted octanol–water partition coefficient (Wildman–Crippen LogP) is 0.992. The van der Waals surface area contributed by atoms with E-state index in [-0.39, 0.29) is 4.90 Å². The van der Waals surface area contributed by atoms with Gasteiger partial charge in [-0.05, 0) is 29.8 Å². The van der Waals surface area contributed by atoms with E-state index >= 15 is 0 Å². The summed E-state index contributed by atoms with van der Waals surface area (Å²) in [5.74, 6) is -0.718. The van der Waals surface area contributed by atoms with Crippen molar-refractivity contribution in [2.45, 2.75) is 17.9 Å². The van der Waals surface area contributed by atoms with E-state index in [1.54, 1.807) is 12.1 Å². The van der Waals surface area contributed by atoms with E-state index in [0.717, 1.165) is 10.8 Å². The number of carbonyl (C=O) groups excluding carboxylic acids is 1.